The number of allylic oxidation sites excluding steroid dienone is 2. The van der Waals surface area contributed by atoms with Gasteiger partial charge in [-0.15, -0.1) is 0 Å². The third kappa shape index (κ3) is 7.00. The Morgan fingerprint density at radius 3 is 2.03 bits per heavy atom. The van der Waals surface area contributed by atoms with E-state index < -0.39 is 0 Å². The van der Waals surface area contributed by atoms with Crippen molar-refractivity contribution in [3.05, 3.63) is 88.0 Å². The van der Waals surface area contributed by atoms with Crippen molar-refractivity contribution in [2.24, 2.45) is 0 Å². The molecule has 2 aromatic rings. The first kappa shape index (κ1) is 25.1. The first-order valence-electron chi connectivity index (χ1n) is 13.3. The highest BCUT2D eigenvalue weighted by Crippen LogP contribution is 2.38. The van der Waals surface area contributed by atoms with E-state index in [9.17, 15) is 5.53 Å². The smallest absolute Gasteiger partial charge is 0.210 e. The number of nitrogens with zero attached hydrogens (tertiary/aromatic N) is 2. The molecule has 0 N–H and O–H groups in total. The molecule has 33 heavy (non-hydrogen) atoms. The molecule has 0 bridgehead atoms. The van der Waals surface area contributed by atoms with Crippen LogP contribution in [-0.2, 0) is 12.8 Å². The zero-order valence-corrected chi connectivity index (χ0v) is 21.1. The molecular weight excluding hydrogens is 400 g/mol. The molecule has 2 aromatic carbocycles. The van der Waals surface area contributed by atoms with Crippen molar-refractivity contribution in [1.82, 2.24) is 0 Å². The van der Waals surface area contributed by atoms with E-state index in [1.54, 1.807) is 0 Å². The standard InChI is InChI=1S/C31H42N2/c1-4-7-9-10-11-13-16-26-18-15-21-28(23-26)31-29(19-12-8-5-2)24-30(33(31)32)27-20-14-17-25(6-3)22-27/h14-15,17-18,20-24H,4-13,16,19H2,1-3H3. The Hall–Kier alpha value is -2.48. The van der Waals surface area contributed by atoms with Crippen LogP contribution in [0, 0.1) is 0 Å². The van der Waals surface area contributed by atoms with E-state index in [1.807, 2.05) is 0 Å². The molecule has 0 aliphatic carbocycles. The fraction of sp³-hybridized carbons (Fsp3) is 0.484. The van der Waals surface area contributed by atoms with Gasteiger partial charge in [-0.2, -0.15) is 0 Å². The summed E-state index contributed by atoms with van der Waals surface area (Å²) in [5.74, 6) is 0. The summed E-state index contributed by atoms with van der Waals surface area (Å²) < 4.78 is 1.44. The SMILES string of the molecule is CCCCCCCCc1cccc(C2=C(CCCCC)C=C(c3cccc(CC)c3)[N+]2=[N-])c1. The van der Waals surface area contributed by atoms with Gasteiger partial charge in [0.1, 0.15) is 0 Å². The van der Waals surface area contributed by atoms with Crippen molar-refractivity contribution in [2.45, 2.75) is 97.8 Å². The van der Waals surface area contributed by atoms with Gasteiger partial charge in [0.15, 0.2) is 0 Å². The van der Waals surface area contributed by atoms with E-state index in [2.05, 4.69) is 75.4 Å². The number of rotatable bonds is 14. The second-order valence-electron chi connectivity index (χ2n) is 9.44. The van der Waals surface area contributed by atoms with E-state index in [0.717, 1.165) is 48.2 Å². The molecule has 0 atom stereocenters. The summed E-state index contributed by atoms with van der Waals surface area (Å²) in [6.45, 7) is 6.69. The van der Waals surface area contributed by atoms with E-state index in [-0.39, 0.29) is 0 Å². The van der Waals surface area contributed by atoms with Crippen molar-refractivity contribution in [1.29, 1.82) is 0 Å². The lowest BCUT2D eigenvalue weighted by molar-refractivity contribution is -0.344. The molecule has 0 saturated carbocycles. The maximum Gasteiger partial charge on any atom is 0.210 e. The predicted molar refractivity (Wildman–Crippen MR) is 142 cm³/mol. The van der Waals surface area contributed by atoms with Gasteiger partial charge in [-0.1, -0.05) is 90.0 Å². The minimum absolute atomic E-state index is 0.896. The second-order valence-corrected chi connectivity index (χ2v) is 9.44. The Morgan fingerprint density at radius 1 is 0.667 bits per heavy atom. The van der Waals surface area contributed by atoms with Gasteiger partial charge in [-0.25, -0.2) is 4.70 Å². The van der Waals surface area contributed by atoms with Crippen LogP contribution in [-0.4, -0.2) is 4.70 Å². The fourth-order valence-electron chi connectivity index (χ4n) is 4.75. The summed E-state index contributed by atoms with van der Waals surface area (Å²) in [5, 5.41) is 0. The molecular formula is C31H42N2. The summed E-state index contributed by atoms with van der Waals surface area (Å²) in [6.07, 6.45) is 16.8. The molecule has 0 fully saturated rings. The maximum atomic E-state index is 11.3. The Bertz CT molecular complexity index is 980. The van der Waals surface area contributed by atoms with Crippen LogP contribution in [0.2, 0.25) is 0 Å². The topological polar surface area (TPSA) is 25.3 Å². The molecule has 1 heterocycles. The van der Waals surface area contributed by atoms with Crippen molar-refractivity contribution in [3.8, 4) is 0 Å². The van der Waals surface area contributed by atoms with Crippen molar-refractivity contribution < 1.29 is 4.70 Å². The molecule has 0 aromatic heterocycles. The average molecular weight is 443 g/mol. The number of aryl methyl sites for hydroxylation is 2. The molecule has 1 aliphatic rings. The Balaban J connectivity index is 1.80. The number of benzene rings is 2. The van der Waals surface area contributed by atoms with Gasteiger partial charge < -0.3 is 5.53 Å². The third-order valence-corrected chi connectivity index (χ3v) is 6.76. The Kier molecular flexibility index (Phi) is 10.1. The Labute approximate surface area is 201 Å². The molecule has 3 rings (SSSR count). The van der Waals surface area contributed by atoms with E-state index >= 15 is 0 Å². The first-order chi connectivity index (χ1) is 16.2. The quantitative estimate of drug-likeness (QED) is 0.205. The summed E-state index contributed by atoms with van der Waals surface area (Å²) in [6, 6.07) is 17.4. The van der Waals surface area contributed by atoms with E-state index in [4.69, 9.17) is 0 Å². The normalized spacial score (nSPS) is 13.7. The summed E-state index contributed by atoms with van der Waals surface area (Å²) in [4.78, 5) is 0. The van der Waals surface area contributed by atoms with Crippen molar-refractivity contribution in [3.63, 3.8) is 0 Å². The van der Waals surface area contributed by atoms with Crippen LogP contribution < -0.4 is 0 Å². The van der Waals surface area contributed by atoms with Gasteiger partial charge in [-0.3, -0.25) is 0 Å². The van der Waals surface area contributed by atoms with Gasteiger partial charge >= 0.3 is 0 Å². The third-order valence-electron chi connectivity index (χ3n) is 6.76. The minimum Gasteiger partial charge on any atom is -0.493 e. The van der Waals surface area contributed by atoms with Gasteiger partial charge in [0.25, 0.3) is 0 Å². The second kappa shape index (κ2) is 13.3. The van der Waals surface area contributed by atoms with E-state index in [1.165, 1.54) is 72.8 Å². The van der Waals surface area contributed by atoms with Crippen LogP contribution in [0.1, 0.15) is 107 Å². The molecule has 2 nitrogen and oxygen atoms in total. The van der Waals surface area contributed by atoms with Crippen LogP contribution in [0.25, 0.3) is 16.9 Å². The highest BCUT2D eigenvalue weighted by atomic mass is 15.2. The zero-order valence-electron chi connectivity index (χ0n) is 21.1. The van der Waals surface area contributed by atoms with Crippen LogP contribution in [0.5, 0.6) is 0 Å². The molecule has 2 heteroatoms. The predicted octanol–water partition coefficient (Wildman–Crippen LogP) is 9.53. The number of hydrogen-bond donors (Lipinski definition) is 0. The molecule has 0 spiro atoms. The molecule has 0 saturated heterocycles. The largest absolute Gasteiger partial charge is 0.493 e. The van der Waals surface area contributed by atoms with Crippen LogP contribution in [0.4, 0.5) is 0 Å². The van der Waals surface area contributed by atoms with Gasteiger partial charge in [0.2, 0.25) is 11.4 Å². The lowest BCUT2D eigenvalue weighted by Crippen LogP contribution is -2.03. The van der Waals surface area contributed by atoms with Crippen molar-refractivity contribution in [2.75, 3.05) is 0 Å². The lowest BCUT2D eigenvalue weighted by atomic mass is 9.99. The lowest BCUT2D eigenvalue weighted by Gasteiger charge is -2.11. The molecule has 0 radical (unpaired) electrons. The summed E-state index contributed by atoms with van der Waals surface area (Å²) >= 11 is 0. The molecule has 1 aliphatic heterocycles. The number of unbranched alkanes of at least 4 members (excludes halogenated alkanes) is 7. The molecule has 176 valence electrons. The zero-order chi connectivity index (χ0) is 23.5. The summed E-state index contributed by atoms with van der Waals surface area (Å²) in [5.41, 5.74) is 19.3. The van der Waals surface area contributed by atoms with Crippen molar-refractivity contribution >= 4 is 11.4 Å². The number of hydrogen-bond acceptors (Lipinski definition) is 0. The monoisotopic (exact) mass is 442 g/mol. The maximum absolute atomic E-state index is 11.3. The van der Waals surface area contributed by atoms with Gasteiger partial charge in [-0.05, 0) is 67.5 Å². The van der Waals surface area contributed by atoms with Crippen LogP contribution in [0.15, 0.2) is 60.2 Å². The van der Waals surface area contributed by atoms with Crippen LogP contribution in [0.3, 0.4) is 0 Å². The molecule has 0 unspecified atom stereocenters. The fourth-order valence-corrected chi connectivity index (χ4v) is 4.75. The molecule has 0 amide bonds. The van der Waals surface area contributed by atoms with E-state index in [0.29, 0.717) is 0 Å². The highest BCUT2D eigenvalue weighted by molar-refractivity contribution is 5.78. The highest BCUT2D eigenvalue weighted by Gasteiger charge is 2.28. The average Bonchev–Trinajstić information content (AvgIpc) is 3.17. The Morgan fingerprint density at radius 2 is 1.27 bits per heavy atom. The van der Waals surface area contributed by atoms with Crippen LogP contribution >= 0.6 is 0 Å². The minimum atomic E-state index is 0.896. The summed E-state index contributed by atoms with van der Waals surface area (Å²) in [7, 11) is 0. The van der Waals surface area contributed by atoms with Gasteiger partial charge in [0, 0.05) is 22.8 Å². The van der Waals surface area contributed by atoms with Gasteiger partial charge in [0.05, 0.1) is 0 Å². The first-order valence-corrected chi connectivity index (χ1v) is 13.3.